The predicted octanol–water partition coefficient (Wildman–Crippen LogP) is 1.87. The Hall–Kier alpha value is -2.48. The maximum Gasteiger partial charge on any atom is 0.409 e. The number of amides is 2. The van der Waals surface area contributed by atoms with E-state index in [0.29, 0.717) is 26.2 Å². The molecule has 1 aliphatic rings. The van der Waals surface area contributed by atoms with Crippen molar-refractivity contribution in [3.05, 3.63) is 23.8 Å². The quantitative estimate of drug-likeness (QED) is 0.726. The Morgan fingerprint density at radius 2 is 1.93 bits per heavy atom. The highest BCUT2D eigenvalue weighted by atomic mass is 16.6. The fraction of sp³-hybridized carbons (Fsp3) is 0.600. The Bertz CT molecular complexity index is 659. The number of carbonyl (C=O) groups excluding carboxylic acids is 2. The van der Waals surface area contributed by atoms with Gasteiger partial charge in [-0.3, -0.25) is 9.69 Å². The van der Waals surface area contributed by atoms with Gasteiger partial charge < -0.3 is 24.4 Å². The molecular formula is C20H31N3O5. The second-order valence-corrected chi connectivity index (χ2v) is 6.88. The summed E-state index contributed by atoms with van der Waals surface area (Å²) in [5, 5.41) is 3.06. The average Bonchev–Trinajstić information content (AvgIpc) is 2.68. The lowest BCUT2D eigenvalue weighted by Crippen LogP contribution is -2.48. The molecular weight excluding hydrogens is 362 g/mol. The van der Waals surface area contributed by atoms with E-state index >= 15 is 0 Å². The molecule has 1 aromatic rings. The van der Waals surface area contributed by atoms with Crippen molar-refractivity contribution < 1.29 is 23.8 Å². The summed E-state index contributed by atoms with van der Waals surface area (Å²) < 4.78 is 15.6. The van der Waals surface area contributed by atoms with Crippen LogP contribution in [-0.4, -0.2) is 75.4 Å². The Morgan fingerprint density at radius 1 is 1.21 bits per heavy atom. The van der Waals surface area contributed by atoms with Gasteiger partial charge >= 0.3 is 6.09 Å². The third-order valence-corrected chi connectivity index (χ3v) is 4.73. The zero-order chi connectivity index (χ0) is 20.5. The van der Waals surface area contributed by atoms with Crippen LogP contribution in [0.15, 0.2) is 18.2 Å². The fourth-order valence-electron chi connectivity index (χ4n) is 3.27. The lowest BCUT2D eigenvalue weighted by molar-refractivity contribution is -0.123. The van der Waals surface area contributed by atoms with E-state index in [-0.39, 0.29) is 24.6 Å². The smallest absolute Gasteiger partial charge is 0.409 e. The van der Waals surface area contributed by atoms with Gasteiger partial charge in [-0.2, -0.15) is 0 Å². The predicted molar refractivity (Wildman–Crippen MR) is 106 cm³/mol. The first kappa shape index (κ1) is 21.8. The molecule has 1 heterocycles. The Labute approximate surface area is 166 Å². The van der Waals surface area contributed by atoms with Crippen molar-refractivity contribution in [1.29, 1.82) is 0 Å². The second kappa shape index (κ2) is 10.8. The molecule has 0 atom stereocenters. The number of rotatable bonds is 8. The maximum absolute atomic E-state index is 12.4. The highest BCUT2D eigenvalue weighted by Crippen LogP contribution is 2.25. The number of nitrogens with zero attached hydrogens (tertiary/aromatic N) is 2. The molecule has 0 radical (unpaired) electrons. The zero-order valence-corrected chi connectivity index (χ0v) is 17.2. The third kappa shape index (κ3) is 6.30. The van der Waals surface area contributed by atoms with E-state index in [9.17, 15) is 9.59 Å². The molecule has 0 aromatic heterocycles. The maximum atomic E-state index is 12.4. The van der Waals surface area contributed by atoms with Crippen LogP contribution in [0.25, 0.3) is 0 Å². The number of nitrogens with one attached hydrogen (secondary N) is 1. The minimum absolute atomic E-state index is 0.0236. The molecule has 156 valence electrons. The monoisotopic (exact) mass is 393 g/mol. The van der Waals surface area contributed by atoms with Gasteiger partial charge in [0.25, 0.3) is 0 Å². The van der Waals surface area contributed by atoms with Gasteiger partial charge in [-0.15, -0.1) is 0 Å². The summed E-state index contributed by atoms with van der Waals surface area (Å²) in [6.45, 7) is 4.24. The van der Waals surface area contributed by atoms with Gasteiger partial charge in [0.05, 0.1) is 27.4 Å². The van der Waals surface area contributed by atoms with Crippen LogP contribution < -0.4 is 14.8 Å². The van der Waals surface area contributed by atoms with Crippen molar-refractivity contribution in [2.45, 2.75) is 32.4 Å². The van der Waals surface area contributed by atoms with Crippen LogP contribution in [0.3, 0.4) is 0 Å². The van der Waals surface area contributed by atoms with Crippen LogP contribution in [0.5, 0.6) is 11.5 Å². The van der Waals surface area contributed by atoms with E-state index in [2.05, 4.69) is 5.32 Å². The molecule has 8 heteroatoms. The van der Waals surface area contributed by atoms with Gasteiger partial charge in [-0.25, -0.2) is 4.79 Å². The van der Waals surface area contributed by atoms with Gasteiger partial charge in [0.2, 0.25) is 5.91 Å². The topological polar surface area (TPSA) is 80.3 Å². The Balaban J connectivity index is 1.78. The summed E-state index contributed by atoms with van der Waals surface area (Å²) in [6.07, 6.45) is 1.20. The van der Waals surface area contributed by atoms with Crippen LogP contribution in [0.4, 0.5) is 4.79 Å². The van der Waals surface area contributed by atoms with Crippen molar-refractivity contribution in [2.75, 3.05) is 47.5 Å². The number of hydrogen-bond donors (Lipinski definition) is 1. The summed E-state index contributed by atoms with van der Waals surface area (Å²) in [7, 11) is 5.13. The molecule has 2 rings (SSSR count). The van der Waals surface area contributed by atoms with E-state index in [4.69, 9.17) is 14.2 Å². The molecule has 1 aliphatic heterocycles. The van der Waals surface area contributed by atoms with Crippen LogP contribution in [0.1, 0.15) is 25.3 Å². The van der Waals surface area contributed by atoms with Gasteiger partial charge in [0.15, 0.2) is 0 Å². The minimum atomic E-state index is -0.277. The molecule has 0 spiro atoms. The van der Waals surface area contributed by atoms with Crippen LogP contribution in [0.2, 0.25) is 0 Å². The van der Waals surface area contributed by atoms with E-state index in [1.807, 2.05) is 30.1 Å². The minimum Gasteiger partial charge on any atom is -0.497 e. The summed E-state index contributed by atoms with van der Waals surface area (Å²) in [5.41, 5.74) is 0.987. The number of carbonyl (C=O) groups is 2. The van der Waals surface area contributed by atoms with Crippen LogP contribution >= 0.6 is 0 Å². The number of methoxy groups -OCH3 is 2. The molecule has 8 nitrogen and oxygen atoms in total. The average molecular weight is 393 g/mol. The first-order chi connectivity index (χ1) is 13.5. The summed E-state index contributed by atoms with van der Waals surface area (Å²) in [6, 6.07) is 5.74. The molecule has 1 fully saturated rings. The molecule has 1 aromatic carbocycles. The third-order valence-electron chi connectivity index (χ3n) is 4.73. The summed E-state index contributed by atoms with van der Waals surface area (Å²) >= 11 is 0. The van der Waals surface area contributed by atoms with Crippen molar-refractivity contribution in [2.24, 2.45) is 0 Å². The highest BCUT2D eigenvalue weighted by molar-refractivity contribution is 5.78. The number of ether oxygens (including phenoxy) is 3. The highest BCUT2D eigenvalue weighted by Gasteiger charge is 2.24. The lowest BCUT2D eigenvalue weighted by atomic mass is 10.1. The van der Waals surface area contributed by atoms with E-state index in [1.165, 1.54) is 0 Å². The molecule has 0 unspecified atom stereocenters. The van der Waals surface area contributed by atoms with Crippen molar-refractivity contribution in [3.63, 3.8) is 0 Å². The second-order valence-electron chi connectivity index (χ2n) is 6.88. The van der Waals surface area contributed by atoms with Crippen molar-refractivity contribution >= 4 is 12.0 Å². The number of likely N-dealkylation sites (N-methyl/N-ethyl adjacent to an activating group) is 1. The largest absolute Gasteiger partial charge is 0.497 e. The Morgan fingerprint density at radius 3 is 2.54 bits per heavy atom. The molecule has 2 amide bonds. The molecule has 0 bridgehead atoms. The van der Waals surface area contributed by atoms with Gasteiger partial charge in [0, 0.05) is 37.3 Å². The first-order valence-electron chi connectivity index (χ1n) is 9.57. The molecule has 28 heavy (non-hydrogen) atoms. The number of likely N-dealkylation sites (tertiary alicyclic amines) is 1. The lowest BCUT2D eigenvalue weighted by Gasteiger charge is -2.32. The van der Waals surface area contributed by atoms with Gasteiger partial charge in [-0.1, -0.05) is 6.07 Å². The van der Waals surface area contributed by atoms with Crippen molar-refractivity contribution in [1.82, 2.24) is 15.1 Å². The molecule has 0 saturated carbocycles. The molecule has 1 saturated heterocycles. The summed E-state index contributed by atoms with van der Waals surface area (Å²) in [4.78, 5) is 27.7. The van der Waals surface area contributed by atoms with E-state index in [1.54, 1.807) is 26.0 Å². The van der Waals surface area contributed by atoms with Gasteiger partial charge in [0.1, 0.15) is 11.5 Å². The van der Waals surface area contributed by atoms with Crippen LogP contribution in [-0.2, 0) is 16.1 Å². The van der Waals surface area contributed by atoms with Gasteiger partial charge in [-0.05, 0) is 32.9 Å². The van der Waals surface area contributed by atoms with E-state index in [0.717, 1.165) is 29.9 Å². The fourth-order valence-corrected chi connectivity index (χ4v) is 3.27. The normalized spacial score (nSPS) is 14.7. The number of piperidine rings is 1. The zero-order valence-electron chi connectivity index (χ0n) is 17.2. The first-order valence-corrected chi connectivity index (χ1v) is 9.57. The SMILES string of the molecule is CCOC(=O)N1CCC(NC(=O)CN(C)Cc2ccc(OC)cc2OC)CC1. The molecule has 1 N–H and O–H groups in total. The standard InChI is InChI=1S/C20H31N3O5/c1-5-28-20(25)23-10-8-16(9-11-23)21-19(24)14-22(2)13-15-6-7-17(26-3)12-18(15)27-4/h6-7,12,16H,5,8-11,13-14H2,1-4H3,(H,21,24). The number of benzene rings is 1. The molecule has 0 aliphatic carbocycles. The van der Waals surface area contributed by atoms with Crippen molar-refractivity contribution in [3.8, 4) is 11.5 Å². The van der Waals surface area contributed by atoms with E-state index < -0.39 is 0 Å². The Kier molecular flexibility index (Phi) is 8.38. The van der Waals surface area contributed by atoms with Crippen LogP contribution in [0, 0.1) is 0 Å². The number of hydrogen-bond acceptors (Lipinski definition) is 6. The summed E-state index contributed by atoms with van der Waals surface area (Å²) in [5.74, 6) is 1.44.